The second-order valence-corrected chi connectivity index (χ2v) is 4.33. The first kappa shape index (κ1) is 16.1. The summed E-state index contributed by atoms with van der Waals surface area (Å²) in [5.41, 5.74) is 0. The monoisotopic (exact) mass is 252 g/mol. The lowest BCUT2D eigenvalue weighted by molar-refractivity contribution is 0.0496. The molecule has 1 saturated heterocycles. The molecule has 0 aromatic heterocycles. The molecule has 98 valence electrons. The molecule has 0 aromatic rings. The second-order valence-electron chi connectivity index (χ2n) is 4.33. The molecule has 1 aliphatic rings. The molecule has 0 radical (unpaired) electrons. The van der Waals surface area contributed by atoms with Crippen molar-refractivity contribution in [1.29, 1.82) is 0 Å². The van der Waals surface area contributed by atoms with Gasteiger partial charge >= 0.3 is 0 Å². The van der Waals surface area contributed by atoms with Crippen LogP contribution in [0, 0.1) is 0 Å². The predicted molar refractivity (Wildman–Crippen MR) is 68.4 cm³/mol. The lowest BCUT2D eigenvalue weighted by Crippen LogP contribution is -2.54. The van der Waals surface area contributed by atoms with Gasteiger partial charge in [-0.05, 0) is 13.8 Å². The van der Waals surface area contributed by atoms with E-state index in [0.29, 0.717) is 25.3 Å². The minimum atomic E-state index is 0. The van der Waals surface area contributed by atoms with Crippen molar-refractivity contribution in [3.8, 4) is 0 Å². The molecule has 1 heterocycles. The number of nitrogens with one attached hydrogen (secondary N) is 1. The number of ether oxygens (including phenoxy) is 2. The van der Waals surface area contributed by atoms with Gasteiger partial charge in [0.05, 0.1) is 19.8 Å². The quantitative estimate of drug-likeness (QED) is 0.708. The molecule has 0 bridgehead atoms. The van der Waals surface area contributed by atoms with Crippen molar-refractivity contribution in [2.45, 2.75) is 25.9 Å². The van der Waals surface area contributed by atoms with Crippen molar-refractivity contribution in [2.75, 3.05) is 46.6 Å². The summed E-state index contributed by atoms with van der Waals surface area (Å²) in [5.74, 6) is 0. The van der Waals surface area contributed by atoms with Crippen molar-refractivity contribution in [2.24, 2.45) is 0 Å². The van der Waals surface area contributed by atoms with Crippen LogP contribution in [0.4, 0.5) is 0 Å². The molecule has 1 rings (SSSR count). The Bertz CT molecular complexity index is 162. The zero-order valence-corrected chi connectivity index (χ0v) is 11.4. The number of hydrogen-bond donors (Lipinski definition) is 1. The molecular formula is C11H25ClN2O2. The van der Waals surface area contributed by atoms with Gasteiger partial charge in [0.2, 0.25) is 0 Å². The van der Waals surface area contributed by atoms with Crippen LogP contribution in [0.25, 0.3) is 0 Å². The van der Waals surface area contributed by atoms with Gasteiger partial charge in [-0.1, -0.05) is 0 Å². The Morgan fingerprint density at radius 2 is 1.75 bits per heavy atom. The number of piperazine rings is 1. The Balaban J connectivity index is 0.00000225. The normalized spacial score (nSPS) is 26.4. The molecule has 1 fully saturated rings. The van der Waals surface area contributed by atoms with Crippen molar-refractivity contribution in [1.82, 2.24) is 10.2 Å². The maximum atomic E-state index is 5.46. The van der Waals surface area contributed by atoms with Crippen LogP contribution in [0.15, 0.2) is 0 Å². The number of halogens is 1. The standard InChI is InChI=1S/C11H24N2O2.ClH/c1-10-8-13(9-11(2)12-10)4-5-15-7-6-14-3;/h10-12H,4-9H2,1-3H3;1H. The van der Waals surface area contributed by atoms with E-state index < -0.39 is 0 Å². The summed E-state index contributed by atoms with van der Waals surface area (Å²) in [6, 6.07) is 1.18. The van der Waals surface area contributed by atoms with Crippen LogP contribution in [0.1, 0.15) is 13.8 Å². The van der Waals surface area contributed by atoms with E-state index in [1.54, 1.807) is 7.11 Å². The van der Waals surface area contributed by atoms with Gasteiger partial charge in [0.1, 0.15) is 0 Å². The molecule has 2 unspecified atom stereocenters. The van der Waals surface area contributed by atoms with Crippen LogP contribution < -0.4 is 5.32 Å². The topological polar surface area (TPSA) is 33.7 Å². The van der Waals surface area contributed by atoms with Gasteiger partial charge in [-0.3, -0.25) is 4.90 Å². The molecule has 1 N–H and O–H groups in total. The van der Waals surface area contributed by atoms with Gasteiger partial charge in [-0.2, -0.15) is 0 Å². The largest absolute Gasteiger partial charge is 0.382 e. The van der Waals surface area contributed by atoms with Crippen molar-refractivity contribution < 1.29 is 9.47 Å². The first-order chi connectivity index (χ1) is 7.22. The van der Waals surface area contributed by atoms with Crippen LogP contribution in [-0.2, 0) is 9.47 Å². The average Bonchev–Trinajstić information content (AvgIpc) is 2.16. The fourth-order valence-electron chi connectivity index (χ4n) is 2.06. The maximum Gasteiger partial charge on any atom is 0.0700 e. The minimum Gasteiger partial charge on any atom is -0.382 e. The number of hydrogen-bond acceptors (Lipinski definition) is 4. The van der Waals surface area contributed by atoms with E-state index in [9.17, 15) is 0 Å². The van der Waals surface area contributed by atoms with E-state index in [1.165, 1.54) is 0 Å². The van der Waals surface area contributed by atoms with Gasteiger partial charge in [-0.15, -0.1) is 12.4 Å². The molecule has 0 aromatic carbocycles. The maximum absolute atomic E-state index is 5.46. The summed E-state index contributed by atoms with van der Waals surface area (Å²) >= 11 is 0. The van der Waals surface area contributed by atoms with Crippen molar-refractivity contribution in [3.05, 3.63) is 0 Å². The van der Waals surface area contributed by atoms with E-state index in [4.69, 9.17) is 9.47 Å². The van der Waals surface area contributed by atoms with Crippen molar-refractivity contribution >= 4 is 12.4 Å². The van der Waals surface area contributed by atoms with E-state index in [0.717, 1.165) is 26.2 Å². The molecular weight excluding hydrogens is 228 g/mol. The zero-order valence-electron chi connectivity index (χ0n) is 10.6. The van der Waals surface area contributed by atoms with Crippen molar-refractivity contribution in [3.63, 3.8) is 0 Å². The van der Waals surface area contributed by atoms with E-state index in [1.807, 2.05) is 0 Å². The predicted octanol–water partition coefficient (Wildman–Crippen LogP) is 0.753. The molecule has 0 saturated carbocycles. The van der Waals surface area contributed by atoms with Crippen LogP contribution in [0.5, 0.6) is 0 Å². The Kier molecular flexibility index (Phi) is 9.26. The first-order valence-corrected chi connectivity index (χ1v) is 5.77. The van der Waals surface area contributed by atoms with Gasteiger partial charge < -0.3 is 14.8 Å². The molecule has 2 atom stereocenters. The Labute approximate surface area is 105 Å². The third kappa shape index (κ3) is 6.66. The van der Waals surface area contributed by atoms with Gasteiger partial charge in [0.25, 0.3) is 0 Å². The SMILES string of the molecule is COCCOCCN1CC(C)NC(C)C1.Cl. The highest BCUT2D eigenvalue weighted by Gasteiger charge is 2.19. The highest BCUT2D eigenvalue weighted by Crippen LogP contribution is 2.03. The molecule has 16 heavy (non-hydrogen) atoms. The summed E-state index contributed by atoms with van der Waals surface area (Å²) in [5, 5.41) is 3.52. The Hall–Kier alpha value is 0.130. The lowest BCUT2D eigenvalue weighted by Gasteiger charge is -2.35. The van der Waals surface area contributed by atoms with Gasteiger partial charge in [0.15, 0.2) is 0 Å². The third-order valence-electron chi connectivity index (χ3n) is 2.62. The summed E-state index contributed by atoms with van der Waals surface area (Å²) in [6.45, 7) is 9.93. The first-order valence-electron chi connectivity index (χ1n) is 5.77. The van der Waals surface area contributed by atoms with E-state index in [-0.39, 0.29) is 12.4 Å². The lowest BCUT2D eigenvalue weighted by atomic mass is 10.1. The summed E-state index contributed by atoms with van der Waals surface area (Å²) in [6.07, 6.45) is 0. The summed E-state index contributed by atoms with van der Waals surface area (Å²) in [4.78, 5) is 2.46. The van der Waals surface area contributed by atoms with Gasteiger partial charge in [-0.25, -0.2) is 0 Å². The molecule has 0 spiro atoms. The number of rotatable bonds is 6. The van der Waals surface area contributed by atoms with E-state index in [2.05, 4.69) is 24.1 Å². The highest BCUT2D eigenvalue weighted by molar-refractivity contribution is 5.85. The van der Waals surface area contributed by atoms with Crippen LogP contribution >= 0.6 is 12.4 Å². The van der Waals surface area contributed by atoms with Crippen LogP contribution in [0.3, 0.4) is 0 Å². The summed E-state index contributed by atoms with van der Waals surface area (Å²) in [7, 11) is 1.70. The fraction of sp³-hybridized carbons (Fsp3) is 1.00. The minimum absolute atomic E-state index is 0. The molecule has 4 nitrogen and oxygen atoms in total. The van der Waals surface area contributed by atoms with Gasteiger partial charge in [0, 0.05) is 38.8 Å². The van der Waals surface area contributed by atoms with E-state index >= 15 is 0 Å². The number of nitrogens with zero attached hydrogens (tertiary/aromatic N) is 1. The molecule has 0 aliphatic carbocycles. The second kappa shape index (κ2) is 9.19. The number of methoxy groups -OCH3 is 1. The van der Waals surface area contributed by atoms with Crippen LogP contribution in [-0.4, -0.2) is 63.5 Å². The molecule has 0 amide bonds. The molecule has 5 heteroatoms. The summed E-state index contributed by atoms with van der Waals surface area (Å²) < 4.78 is 10.4. The fourth-order valence-corrected chi connectivity index (χ4v) is 2.06. The van der Waals surface area contributed by atoms with Crippen LogP contribution in [0.2, 0.25) is 0 Å². The Morgan fingerprint density at radius 3 is 2.31 bits per heavy atom. The average molecular weight is 253 g/mol. The Morgan fingerprint density at radius 1 is 1.12 bits per heavy atom. The molecule has 1 aliphatic heterocycles. The third-order valence-corrected chi connectivity index (χ3v) is 2.62. The smallest absolute Gasteiger partial charge is 0.0700 e. The highest BCUT2D eigenvalue weighted by atomic mass is 35.5. The zero-order chi connectivity index (χ0) is 11.1.